The summed E-state index contributed by atoms with van der Waals surface area (Å²) in [7, 11) is 0. The van der Waals surface area contributed by atoms with Crippen LogP contribution in [0.1, 0.15) is 17.3 Å². The number of hydrogen-bond donors (Lipinski definition) is 0. The highest BCUT2D eigenvalue weighted by Crippen LogP contribution is 2.28. The summed E-state index contributed by atoms with van der Waals surface area (Å²) in [5.41, 5.74) is 1.27. The van der Waals surface area contributed by atoms with Crippen molar-refractivity contribution in [2.45, 2.75) is 11.8 Å². The van der Waals surface area contributed by atoms with Crippen molar-refractivity contribution in [2.75, 3.05) is 0 Å². The van der Waals surface area contributed by atoms with E-state index in [1.807, 2.05) is 6.07 Å². The molecule has 0 saturated heterocycles. The summed E-state index contributed by atoms with van der Waals surface area (Å²) in [6.45, 7) is 2.11. The first-order valence-electron chi connectivity index (χ1n) is 3.19. The van der Waals surface area contributed by atoms with Crippen molar-refractivity contribution in [3.63, 3.8) is 0 Å². The summed E-state index contributed by atoms with van der Waals surface area (Å²) in [6.07, 6.45) is 0. The Balaban J connectivity index is 3.08. The molecule has 60 valence electrons. The summed E-state index contributed by atoms with van der Waals surface area (Å²) >= 11 is 10.4. The van der Waals surface area contributed by atoms with E-state index in [0.717, 1.165) is 8.95 Å². The molecule has 0 fully saturated rings. The monoisotopic (exact) mass is 340 g/mol. The van der Waals surface area contributed by atoms with Gasteiger partial charge < -0.3 is 0 Å². The van der Waals surface area contributed by atoms with Gasteiger partial charge in [-0.1, -0.05) is 47.8 Å². The smallest absolute Gasteiger partial charge is 0.0367 e. The summed E-state index contributed by atoms with van der Waals surface area (Å²) in [4.78, 5) is 0.399. The van der Waals surface area contributed by atoms with Gasteiger partial charge in [0.25, 0.3) is 0 Å². The van der Waals surface area contributed by atoms with Crippen LogP contribution in [0.15, 0.2) is 27.1 Å². The fraction of sp³-hybridized carbons (Fsp3) is 0.250. The zero-order valence-electron chi connectivity index (χ0n) is 5.94. The van der Waals surface area contributed by atoms with Gasteiger partial charge in [-0.15, -0.1) is 0 Å². The third-order valence-corrected chi connectivity index (χ3v) is 2.79. The van der Waals surface area contributed by atoms with Gasteiger partial charge in [-0.2, -0.15) is 0 Å². The van der Waals surface area contributed by atoms with E-state index < -0.39 is 0 Å². The Morgan fingerprint density at radius 3 is 1.91 bits per heavy atom. The molecule has 0 radical (unpaired) electrons. The minimum absolute atomic E-state index is 0.399. The van der Waals surface area contributed by atoms with Gasteiger partial charge in [0.05, 0.1) is 0 Å². The first-order valence-corrected chi connectivity index (χ1v) is 5.70. The van der Waals surface area contributed by atoms with E-state index >= 15 is 0 Å². The quantitative estimate of drug-likeness (QED) is 0.651. The van der Waals surface area contributed by atoms with Crippen LogP contribution in [0.25, 0.3) is 0 Å². The van der Waals surface area contributed by atoms with Crippen LogP contribution in [-0.4, -0.2) is 0 Å². The van der Waals surface area contributed by atoms with Crippen molar-refractivity contribution in [1.29, 1.82) is 0 Å². The second-order valence-electron chi connectivity index (χ2n) is 2.32. The lowest BCUT2D eigenvalue weighted by Crippen LogP contribution is -1.83. The van der Waals surface area contributed by atoms with Gasteiger partial charge in [0.1, 0.15) is 0 Å². The molecule has 0 aromatic heterocycles. The van der Waals surface area contributed by atoms with Crippen molar-refractivity contribution in [2.24, 2.45) is 0 Å². The largest absolute Gasteiger partial charge is 0.0842 e. The molecule has 1 unspecified atom stereocenters. The Hall–Kier alpha value is 0.660. The van der Waals surface area contributed by atoms with Crippen molar-refractivity contribution >= 4 is 47.8 Å². The minimum Gasteiger partial charge on any atom is -0.0842 e. The summed E-state index contributed by atoms with van der Waals surface area (Å²) in [5.74, 6) is 0. The molecule has 11 heavy (non-hydrogen) atoms. The van der Waals surface area contributed by atoms with Gasteiger partial charge in [-0.05, 0) is 30.7 Å². The second kappa shape index (κ2) is 4.06. The topological polar surface area (TPSA) is 0 Å². The Bertz CT molecular complexity index is 235. The van der Waals surface area contributed by atoms with Gasteiger partial charge in [-0.3, -0.25) is 0 Å². The minimum atomic E-state index is 0.399. The molecule has 0 heterocycles. The zero-order valence-corrected chi connectivity index (χ0v) is 10.7. The molecule has 0 amide bonds. The molecule has 0 aliphatic heterocycles. The molecule has 1 aromatic carbocycles. The first-order chi connectivity index (χ1) is 5.09. The average molecular weight is 343 g/mol. The lowest BCUT2D eigenvalue weighted by molar-refractivity contribution is 1.12. The van der Waals surface area contributed by atoms with Gasteiger partial charge in [0.2, 0.25) is 0 Å². The van der Waals surface area contributed by atoms with E-state index in [1.54, 1.807) is 0 Å². The molecule has 0 aliphatic rings. The number of benzene rings is 1. The van der Waals surface area contributed by atoms with E-state index in [0.29, 0.717) is 4.83 Å². The van der Waals surface area contributed by atoms with Crippen LogP contribution in [-0.2, 0) is 0 Å². The van der Waals surface area contributed by atoms with Crippen LogP contribution >= 0.6 is 47.8 Å². The Morgan fingerprint density at radius 1 is 1.09 bits per heavy atom. The number of rotatable bonds is 1. The first kappa shape index (κ1) is 9.75. The fourth-order valence-corrected chi connectivity index (χ4v) is 2.40. The lowest BCUT2D eigenvalue weighted by Gasteiger charge is -2.04. The SMILES string of the molecule is CC(Br)c1cc(Br)cc(Br)c1. The van der Waals surface area contributed by atoms with E-state index in [4.69, 9.17) is 0 Å². The third-order valence-electron chi connectivity index (χ3n) is 1.34. The van der Waals surface area contributed by atoms with E-state index in [-0.39, 0.29) is 0 Å². The predicted octanol–water partition coefficient (Wildman–Crippen LogP) is 4.67. The maximum Gasteiger partial charge on any atom is 0.0367 e. The molecule has 0 bridgehead atoms. The number of halogens is 3. The van der Waals surface area contributed by atoms with E-state index in [1.165, 1.54) is 5.56 Å². The molecule has 0 spiro atoms. The van der Waals surface area contributed by atoms with Crippen molar-refractivity contribution < 1.29 is 0 Å². The molecule has 0 nitrogen and oxygen atoms in total. The van der Waals surface area contributed by atoms with Crippen LogP contribution in [0.2, 0.25) is 0 Å². The molecule has 1 rings (SSSR count). The van der Waals surface area contributed by atoms with Crippen LogP contribution in [0.5, 0.6) is 0 Å². The fourth-order valence-electron chi connectivity index (χ4n) is 0.805. The van der Waals surface area contributed by atoms with Crippen LogP contribution in [0.3, 0.4) is 0 Å². The molecule has 1 aromatic rings. The number of alkyl halides is 1. The Kier molecular flexibility index (Phi) is 3.59. The van der Waals surface area contributed by atoms with Crippen LogP contribution < -0.4 is 0 Å². The normalized spacial score (nSPS) is 13.1. The van der Waals surface area contributed by atoms with Crippen molar-refractivity contribution in [1.82, 2.24) is 0 Å². The number of hydrogen-bond acceptors (Lipinski definition) is 0. The molecule has 0 N–H and O–H groups in total. The van der Waals surface area contributed by atoms with Crippen LogP contribution in [0, 0.1) is 0 Å². The maximum atomic E-state index is 3.51. The lowest BCUT2D eigenvalue weighted by atomic mass is 10.2. The molecule has 1 atom stereocenters. The molecule has 3 heteroatoms. The molecular weight excluding hydrogens is 336 g/mol. The Morgan fingerprint density at radius 2 is 1.55 bits per heavy atom. The molecule has 0 aliphatic carbocycles. The van der Waals surface area contributed by atoms with Gasteiger partial charge in [-0.25, -0.2) is 0 Å². The van der Waals surface area contributed by atoms with E-state index in [2.05, 4.69) is 66.8 Å². The third kappa shape index (κ3) is 2.88. The summed E-state index contributed by atoms with van der Waals surface area (Å²) < 4.78 is 2.21. The average Bonchev–Trinajstić information content (AvgIpc) is 1.85. The molecular formula is C8H7Br3. The predicted molar refractivity (Wildman–Crippen MR) is 59.2 cm³/mol. The van der Waals surface area contributed by atoms with Crippen LogP contribution in [0.4, 0.5) is 0 Å². The van der Waals surface area contributed by atoms with E-state index in [9.17, 15) is 0 Å². The van der Waals surface area contributed by atoms with Crippen molar-refractivity contribution in [3.8, 4) is 0 Å². The van der Waals surface area contributed by atoms with Gasteiger partial charge in [0, 0.05) is 13.8 Å². The molecule has 0 saturated carbocycles. The highest BCUT2D eigenvalue weighted by Gasteiger charge is 2.02. The second-order valence-corrected chi connectivity index (χ2v) is 5.52. The van der Waals surface area contributed by atoms with Gasteiger partial charge in [0.15, 0.2) is 0 Å². The zero-order chi connectivity index (χ0) is 8.43. The van der Waals surface area contributed by atoms with Gasteiger partial charge >= 0.3 is 0 Å². The summed E-state index contributed by atoms with van der Waals surface area (Å²) in [5, 5.41) is 0. The maximum absolute atomic E-state index is 3.51. The highest BCUT2D eigenvalue weighted by atomic mass is 79.9. The highest BCUT2D eigenvalue weighted by molar-refractivity contribution is 9.11. The van der Waals surface area contributed by atoms with Crippen molar-refractivity contribution in [3.05, 3.63) is 32.7 Å². The summed E-state index contributed by atoms with van der Waals surface area (Å²) in [6, 6.07) is 6.23. The standard InChI is InChI=1S/C8H7Br3/c1-5(9)6-2-7(10)4-8(11)3-6/h2-5H,1H3. The Labute approximate surface area is 91.8 Å².